The minimum atomic E-state index is -3.66. The molecule has 0 atom stereocenters. The van der Waals surface area contributed by atoms with E-state index in [-0.39, 0.29) is 21.6 Å². The standard InChI is InChI=1S/C11H14Cl2N2O2S/c1-15(8-3-2-4-8)18(16,17)11-9(13)5-7(12)6-10(11)14/h5-6,8H,2-4,14H2,1H3. The molecule has 4 nitrogen and oxygen atoms in total. The number of nitrogens with zero attached hydrogens (tertiary/aromatic N) is 1. The second kappa shape index (κ2) is 4.89. The van der Waals surface area contributed by atoms with Crippen molar-refractivity contribution in [1.29, 1.82) is 0 Å². The van der Waals surface area contributed by atoms with Crippen molar-refractivity contribution >= 4 is 38.9 Å². The lowest BCUT2D eigenvalue weighted by atomic mass is 9.94. The maximum Gasteiger partial charge on any atom is 0.246 e. The zero-order valence-corrected chi connectivity index (χ0v) is 12.2. The van der Waals surface area contributed by atoms with Crippen LogP contribution in [0, 0.1) is 0 Å². The van der Waals surface area contributed by atoms with Crippen LogP contribution >= 0.6 is 23.2 Å². The van der Waals surface area contributed by atoms with E-state index in [1.165, 1.54) is 16.4 Å². The van der Waals surface area contributed by atoms with E-state index in [4.69, 9.17) is 28.9 Å². The van der Waals surface area contributed by atoms with Crippen molar-refractivity contribution in [2.24, 2.45) is 0 Å². The van der Waals surface area contributed by atoms with Gasteiger partial charge in [-0.15, -0.1) is 0 Å². The van der Waals surface area contributed by atoms with Crippen molar-refractivity contribution in [2.75, 3.05) is 12.8 Å². The highest BCUT2D eigenvalue weighted by Crippen LogP contribution is 2.35. The van der Waals surface area contributed by atoms with Gasteiger partial charge in [0.15, 0.2) is 0 Å². The number of nitrogens with two attached hydrogens (primary N) is 1. The molecular weight excluding hydrogens is 295 g/mol. The van der Waals surface area contributed by atoms with Crippen molar-refractivity contribution in [1.82, 2.24) is 4.31 Å². The maximum absolute atomic E-state index is 12.4. The summed E-state index contributed by atoms with van der Waals surface area (Å²) in [5.74, 6) is 0. The van der Waals surface area contributed by atoms with Crippen LogP contribution < -0.4 is 5.73 Å². The summed E-state index contributed by atoms with van der Waals surface area (Å²) in [5, 5.41) is 0.383. The van der Waals surface area contributed by atoms with Gasteiger partial charge in [-0.1, -0.05) is 29.6 Å². The third-order valence-electron chi connectivity index (χ3n) is 3.26. The maximum atomic E-state index is 12.4. The van der Waals surface area contributed by atoms with Crippen LogP contribution in [0.4, 0.5) is 5.69 Å². The molecule has 0 unspecified atom stereocenters. The zero-order valence-electron chi connectivity index (χ0n) is 9.86. The number of sulfonamides is 1. The van der Waals surface area contributed by atoms with Crippen LogP contribution in [0.2, 0.25) is 10.0 Å². The van der Waals surface area contributed by atoms with Gasteiger partial charge in [0.2, 0.25) is 10.0 Å². The molecular formula is C11H14Cl2N2O2S. The lowest BCUT2D eigenvalue weighted by molar-refractivity contribution is 0.250. The number of anilines is 1. The van der Waals surface area contributed by atoms with Crippen LogP contribution in [0.3, 0.4) is 0 Å². The molecule has 0 amide bonds. The Kier molecular flexibility index (Phi) is 3.78. The van der Waals surface area contributed by atoms with Gasteiger partial charge in [-0.05, 0) is 25.0 Å². The van der Waals surface area contributed by atoms with Crippen LogP contribution in [-0.2, 0) is 10.0 Å². The molecule has 1 aromatic carbocycles. The Morgan fingerprint density at radius 1 is 1.33 bits per heavy atom. The highest BCUT2D eigenvalue weighted by Gasteiger charge is 2.34. The fourth-order valence-electron chi connectivity index (χ4n) is 1.94. The Morgan fingerprint density at radius 3 is 2.39 bits per heavy atom. The number of rotatable bonds is 3. The van der Waals surface area contributed by atoms with Crippen LogP contribution in [0.15, 0.2) is 17.0 Å². The molecule has 7 heteroatoms. The molecule has 2 rings (SSSR count). The monoisotopic (exact) mass is 308 g/mol. The van der Waals surface area contributed by atoms with Gasteiger partial charge in [0.1, 0.15) is 4.90 Å². The zero-order chi connectivity index (χ0) is 13.5. The van der Waals surface area contributed by atoms with Crippen molar-refractivity contribution in [3.8, 4) is 0 Å². The summed E-state index contributed by atoms with van der Waals surface area (Å²) in [6.45, 7) is 0. The Bertz CT molecular complexity index is 547. The van der Waals surface area contributed by atoms with Crippen LogP contribution in [0.5, 0.6) is 0 Å². The van der Waals surface area contributed by atoms with E-state index in [0.717, 1.165) is 19.3 Å². The minimum absolute atomic E-state index is 0.0427. The molecule has 0 aromatic heterocycles. The van der Waals surface area contributed by atoms with E-state index in [1.54, 1.807) is 7.05 Å². The van der Waals surface area contributed by atoms with E-state index in [9.17, 15) is 8.42 Å². The number of nitrogen functional groups attached to an aromatic ring is 1. The molecule has 0 aliphatic heterocycles. The number of hydrogen-bond acceptors (Lipinski definition) is 3. The number of benzene rings is 1. The molecule has 1 fully saturated rings. The molecule has 18 heavy (non-hydrogen) atoms. The normalized spacial score (nSPS) is 16.9. The number of hydrogen-bond donors (Lipinski definition) is 1. The summed E-state index contributed by atoms with van der Waals surface area (Å²) in [5.41, 5.74) is 5.81. The van der Waals surface area contributed by atoms with Gasteiger partial charge in [0.05, 0.1) is 10.7 Å². The second-order valence-corrected chi connectivity index (χ2v) is 7.19. The highest BCUT2D eigenvalue weighted by atomic mass is 35.5. The second-order valence-electron chi connectivity index (χ2n) is 4.41. The third kappa shape index (κ3) is 2.32. The molecule has 0 radical (unpaired) electrons. The SMILES string of the molecule is CN(C1CCC1)S(=O)(=O)c1c(N)cc(Cl)cc1Cl. The Morgan fingerprint density at radius 2 is 1.94 bits per heavy atom. The van der Waals surface area contributed by atoms with Gasteiger partial charge in [0.25, 0.3) is 0 Å². The summed E-state index contributed by atoms with van der Waals surface area (Å²) in [7, 11) is -2.10. The molecule has 0 spiro atoms. The van der Waals surface area contributed by atoms with E-state index < -0.39 is 10.0 Å². The lowest BCUT2D eigenvalue weighted by Crippen LogP contribution is -2.41. The number of halogens is 2. The summed E-state index contributed by atoms with van der Waals surface area (Å²) >= 11 is 11.7. The quantitative estimate of drug-likeness (QED) is 0.873. The fourth-order valence-corrected chi connectivity index (χ4v) is 4.30. The fraction of sp³-hybridized carbons (Fsp3) is 0.455. The predicted molar refractivity (Wildman–Crippen MR) is 73.5 cm³/mol. The van der Waals surface area contributed by atoms with E-state index >= 15 is 0 Å². The average molecular weight is 309 g/mol. The summed E-state index contributed by atoms with van der Waals surface area (Å²) in [6.07, 6.45) is 2.80. The van der Waals surface area contributed by atoms with Crippen molar-refractivity contribution < 1.29 is 8.42 Å². The molecule has 1 aromatic rings. The van der Waals surface area contributed by atoms with Gasteiger partial charge in [-0.2, -0.15) is 4.31 Å². The predicted octanol–water partition coefficient (Wildman–Crippen LogP) is 2.75. The molecule has 1 aliphatic rings. The first-order valence-electron chi connectivity index (χ1n) is 5.56. The first-order chi connectivity index (χ1) is 8.34. The molecule has 0 bridgehead atoms. The first-order valence-corrected chi connectivity index (χ1v) is 7.76. The van der Waals surface area contributed by atoms with Gasteiger partial charge < -0.3 is 5.73 Å². The summed E-state index contributed by atoms with van der Waals surface area (Å²) in [6, 6.07) is 2.83. The molecule has 2 N–H and O–H groups in total. The Hall–Kier alpha value is -0.490. The van der Waals surface area contributed by atoms with E-state index in [0.29, 0.717) is 5.02 Å². The molecule has 0 saturated heterocycles. The first kappa shape index (κ1) is 13.9. The van der Waals surface area contributed by atoms with Crippen LogP contribution in [0.1, 0.15) is 19.3 Å². The largest absolute Gasteiger partial charge is 0.398 e. The lowest BCUT2D eigenvalue weighted by Gasteiger charge is -2.34. The highest BCUT2D eigenvalue weighted by molar-refractivity contribution is 7.89. The smallest absolute Gasteiger partial charge is 0.246 e. The van der Waals surface area contributed by atoms with E-state index in [2.05, 4.69) is 0 Å². The average Bonchev–Trinajstić information content (AvgIpc) is 2.11. The van der Waals surface area contributed by atoms with Gasteiger partial charge >= 0.3 is 0 Å². The van der Waals surface area contributed by atoms with Crippen molar-refractivity contribution in [2.45, 2.75) is 30.2 Å². The third-order valence-corrected chi connectivity index (χ3v) is 5.92. The summed E-state index contributed by atoms with van der Waals surface area (Å²) in [4.78, 5) is -0.0528. The van der Waals surface area contributed by atoms with Gasteiger partial charge in [0, 0.05) is 18.1 Å². The topological polar surface area (TPSA) is 63.4 Å². The van der Waals surface area contributed by atoms with Gasteiger partial charge in [-0.3, -0.25) is 0 Å². The van der Waals surface area contributed by atoms with Crippen LogP contribution in [-0.4, -0.2) is 25.8 Å². The molecule has 0 heterocycles. The minimum Gasteiger partial charge on any atom is -0.398 e. The molecule has 1 saturated carbocycles. The van der Waals surface area contributed by atoms with Gasteiger partial charge in [-0.25, -0.2) is 8.42 Å². The molecule has 100 valence electrons. The van der Waals surface area contributed by atoms with Crippen LogP contribution in [0.25, 0.3) is 0 Å². The summed E-state index contributed by atoms with van der Waals surface area (Å²) < 4.78 is 26.2. The Labute approximate surface area is 117 Å². The molecule has 1 aliphatic carbocycles. The van der Waals surface area contributed by atoms with E-state index in [1.807, 2.05) is 0 Å². The Balaban J connectivity index is 2.47. The van der Waals surface area contributed by atoms with Crippen molar-refractivity contribution in [3.63, 3.8) is 0 Å². The van der Waals surface area contributed by atoms with Crippen molar-refractivity contribution in [3.05, 3.63) is 22.2 Å².